The fourth-order valence-electron chi connectivity index (χ4n) is 1.86. The number of allylic oxidation sites excluding steroid dienone is 1. The van der Waals surface area contributed by atoms with E-state index in [-0.39, 0.29) is 5.91 Å². The van der Waals surface area contributed by atoms with Gasteiger partial charge in [0.2, 0.25) is 5.91 Å². The average molecular weight is 257 g/mol. The minimum Gasteiger partial charge on any atom is -0.349 e. The third-order valence-electron chi connectivity index (χ3n) is 2.96. The van der Waals surface area contributed by atoms with E-state index in [2.05, 4.69) is 24.2 Å². The van der Waals surface area contributed by atoms with Gasteiger partial charge in [0.25, 0.3) is 0 Å². The summed E-state index contributed by atoms with van der Waals surface area (Å²) in [6.45, 7) is 5.16. The predicted molar refractivity (Wildman–Crippen MR) is 78.4 cm³/mol. The van der Waals surface area contributed by atoms with Crippen LogP contribution < -0.4 is 5.32 Å². The Balaban J connectivity index is 1.88. The predicted octanol–water partition coefficient (Wildman–Crippen LogP) is 2.61. The number of amides is 1. The van der Waals surface area contributed by atoms with Gasteiger partial charge in [-0.3, -0.25) is 9.79 Å². The normalized spacial score (nSPS) is 13.9. The van der Waals surface area contributed by atoms with Crippen molar-refractivity contribution in [3.8, 4) is 0 Å². The highest BCUT2D eigenvalue weighted by Crippen LogP contribution is 2.17. The molecule has 19 heavy (non-hydrogen) atoms. The highest BCUT2D eigenvalue weighted by atomic mass is 16.2. The van der Waals surface area contributed by atoms with Crippen molar-refractivity contribution < 1.29 is 4.79 Å². The Morgan fingerprint density at radius 3 is 2.68 bits per heavy atom. The van der Waals surface area contributed by atoms with Crippen LogP contribution in [0.1, 0.15) is 25.3 Å². The van der Waals surface area contributed by atoms with Gasteiger partial charge >= 0.3 is 0 Å². The van der Waals surface area contributed by atoms with Crippen molar-refractivity contribution in [3.05, 3.63) is 42.1 Å². The molecule has 4 heteroatoms. The van der Waals surface area contributed by atoms with Gasteiger partial charge in [-0.25, -0.2) is 0 Å². The first-order valence-electron chi connectivity index (χ1n) is 6.45. The molecule has 1 aromatic rings. The summed E-state index contributed by atoms with van der Waals surface area (Å²) in [4.78, 5) is 17.8. The second-order valence-electron chi connectivity index (χ2n) is 4.89. The van der Waals surface area contributed by atoms with E-state index in [1.165, 1.54) is 5.56 Å². The Labute approximate surface area is 113 Å². The Bertz CT molecular complexity index is 489. The lowest BCUT2D eigenvalue weighted by atomic mass is 10.0. The molecule has 0 unspecified atom stereocenters. The zero-order chi connectivity index (χ0) is 13.7. The fourth-order valence-corrected chi connectivity index (χ4v) is 1.86. The van der Waals surface area contributed by atoms with Crippen LogP contribution in [0.3, 0.4) is 0 Å². The topological polar surface area (TPSA) is 44.7 Å². The standard InChI is InChI=1S/C15H19N3O/c1-12(2)13-4-6-14(7-5-13)17-15(19)10-18-9-3-8-16-11-18/h3-9,12H,10-11H2,1-2H3,(H,17,19). The van der Waals surface area contributed by atoms with Crippen LogP contribution in [0.15, 0.2) is 41.5 Å². The number of aliphatic imine (C=N–C) groups is 1. The van der Waals surface area contributed by atoms with Crippen molar-refractivity contribution in [1.29, 1.82) is 0 Å². The van der Waals surface area contributed by atoms with Gasteiger partial charge in [-0.15, -0.1) is 0 Å². The van der Waals surface area contributed by atoms with Crippen LogP contribution in [-0.4, -0.2) is 30.2 Å². The minimum absolute atomic E-state index is 0.0287. The lowest BCUT2D eigenvalue weighted by Gasteiger charge is -2.19. The summed E-state index contributed by atoms with van der Waals surface area (Å²) in [6, 6.07) is 7.98. The Hall–Kier alpha value is -2.10. The van der Waals surface area contributed by atoms with Gasteiger partial charge in [0.1, 0.15) is 6.67 Å². The van der Waals surface area contributed by atoms with E-state index in [9.17, 15) is 4.79 Å². The first kappa shape index (κ1) is 13.3. The molecule has 1 amide bonds. The first-order valence-corrected chi connectivity index (χ1v) is 6.45. The average Bonchev–Trinajstić information content (AvgIpc) is 2.40. The van der Waals surface area contributed by atoms with Crippen molar-refractivity contribution >= 4 is 17.8 Å². The molecule has 4 nitrogen and oxygen atoms in total. The summed E-state index contributed by atoms with van der Waals surface area (Å²) in [7, 11) is 0. The van der Waals surface area contributed by atoms with Gasteiger partial charge < -0.3 is 10.2 Å². The number of nitrogens with one attached hydrogen (secondary N) is 1. The molecule has 0 atom stereocenters. The van der Waals surface area contributed by atoms with Gasteiger partial charge in [-0.1, -0.05) is 26.0 Å². The lowest BCUT2D eigenvalue weighted by molar-refractivity contribution is -0.116. The van der Waals surface area contributed by atoms with Crippen LogP contribution in [0.4, 0.5) is 5.69 Å². The molecule has 0 aromatic heterocycles. The molecule has 1 aliphatic rings. The molecule has 0 bridgehead atoms. The van der Waals surface area contributed by atoms with Gasteiger partial charge in [-0.05, 0) is 29.7 Å². The highest BCUT2D eigenvalue weighted by Gasteiger charge is 2.08. The summed E-state index contributed by atoms with van der Waals surface area (Å²) in [5, 5.41) is 2.89. The van der Waals surface area contributed by atoms with Crippen molar-refractivity contribution in [2.45, 2.75) is 19.8 Å². The number of carbonyl (C=O) groups is 1. The van der Waals surface area contributed by atoms with E-state index in [0.29, 0.717) is 19.1 Å². The van der Waals surface area contributed by atoms with Gasteiger partial charge in [0.05, 0.1) is 6.54 Å². The third kappa shape index (κ3) is 3.95. The number of benzene rings is 1. The largest absolute Gasteiger partial charge is 0.349 e. The Morgan fingerprint density at radius 1 is 1.37 bits per heavy atom. The molecular formula is C15H19N3O. The molecule has 1 aromatic carbocycles. The van der Waals surface area contributed by atoms with Crippen LogP contribution in [-0.2, 0) is 4.79 Å². The molecule has 2 rings (SSSR count). The molecule has 1 aliphatic heterocycles. The highest BCUT2D eigenvalue weighted by molar-refractivity contribution is 5.92. The van der Waals surface area contributed by atoms with Gasteiger partial charge in [0.15, 0.2) is 0 Å². The quantitative estimate of drug-likeness (QED) is 0.901. The van der Waals surface area contributed by atoms with Crippen molar-refractivity contribution in [1.82, 2.24) is 4.90 Å². The number of rotatable bonds is 4. The number of anilines is 1. The molecule has 0 aliphatic carbocycles. The van der Waals surface area contributed by atoms with E-state index < -0.39 is 0 Å². The Kier molecular flexibility index (Phi) is 4.34. The number of carbonyl (C=O) groups excluding carboxylic acids is 1. The molecule has 0 fully saturated rings. The first-order chi connectivity index (χ1) is 9.15. The van der Waals surface area contributed by atoms with Crippen LogP contribution in [0.5, 0.6) is 0 Å². The monoisotopic (exact) mass is 257 g/mol. The minimum atomic E-state index is -0.0287. The summed E-state index contributed by atoms with van der Waals surface area (Å²) in [6.07, 6.45) is 5.43. The van der Waals surface area contributed by atoms with Crippen molar-refractivity contribution in [2.24, 2.45) is 4.99 Å². The molecule has 1 N–H and O–H groups in total. The smallest absolute Gasteiger partial charge is 0.243 e. The van der Waals surface area contributed by atoms with Gasteiger partial charge in [0, 0.05) is 18.1 Å². The van der Waals surface area contributed by atoms with E-state index >= 15 is 0 Å². The maximum Gasteiger partial charge on any atom is 0.243 e. The summed E-state index contributed by atoms with van der Waals surface area (Å²) >= 11 is 0. The van der Waals surface area contributed by atoms with Crippen LogP contribution in [0.2, 0.25) is 0 Å². The molecule has 0 saturated heterocycles. The van der Waals surface area contributed by atoms with E-state index in [1.807, 2.05) is 41.4 Å². The van der Waals surface area contributed by atoms with Crippen LogP contribution in [0.25, 0.3) is 0 Å². The van der Waals surface area contributed by atoms with E-state index in [1.54, 1.807) is 6.21 Å². The molecule has 0 radical (unpaired) electrons. The summed E-state index contributed by atoms with van der Waals surface area (Å²) in [5.74, 6) is 0.472. The second-order valence-corrected chi connectivity index (χ2v) is 4.89. The Morgan fingerprint density at radius 2 is 2.11 bits per heavy atom. The number of hydrogen-bond donors (Lipinski definition) is 1. The third-order valence-corrected chi connectivity index (χ3v) is 2.96. The zero-order valence-corrected chi connectivity index (χ0v) is 11.3. The van der Waals surface area contributed by atoms with Gasteiger partial charge in [-0.2, -0.15) is 0 Å². The molecule has 0 saturated carbocycles. The fraction of sp³-hybridized carbons (Fsp3) is 0.333. The lowest BCUT2D eigenvalue weighted by Crippen LogP contribution is -2.30. The van der Waals surface area contributed by atoms with E-state index in [0.717, 1.165) is 5.69 Å². The molecule has 100 valence electrons. The summed E-state index contributed by atoms with van der Waals surface area (Å²) in [5.41, 5.74) is 2.10. The number of nitrogens with zero attached hydrogens (tertiary/aromatic N) is 2. The second kappa shape index (κ2) is 6.18. The maximum absolute atomic E-state index is 11.9. The van der Waals surface area contributed by atoms with Crippen molar-refractivity contribution in [3.63, 3.8) is 0 Å². The zero-order valence-electron chi connectivity index (χ0n) is 11.3. The van der Waals surface area contributed by atoms with Crippen LogP contribution in [0, 0.1) is 0 Å². The van der Waals surface area contributed by atoms with Crippen LogP contribution >= 0.6 is 0 Å². The summed E-state index contributed by atoms with van der Waals surface area (Å²) < 4.78 is 0. The molecular weight excluding hydrogens is 238 g/mol. The SMILES string of the molecule is CC(C)c1ccc(NC(=O)CN2C=CC=NC2)cc1. The van der Waals surface area contributed by atoms with E-state index in [4.69, 9.17) is 0 Å². The number of hydrogen-bond acceptors (Lipinski definition) is 3. The molecule has 1 heterocycles. The maximum atomic E-state index is 11.9. The van der Waals surface area contributed by atoms with Crippen molar-refractivity contribution in [2.75, 3.05) is 18.5 Å². The molecule has 0 spiro atoms.